The normalized spacial score (nSPS) is 15.7. The van der Waals surface area contributed by atoms with Crippen LogP contribution in [0.15, 0.2) is 48.5 Å². The minimum Gasteiger partial charge on any atom is -0.369 e. The highest BCUT2D eigenvalue weighted by Crippen LogP contribution is 2.35. The van der Waals surface area contributed by atoms with E-state index < -0.39 is 0 Å². The van der Waals surface area contributed by atoms with Gasteiger partial charge in [0.15, 0.2) is 0 Å². The van der Waals surface area contributed by atoms with Crippen LogP contribution in [0, 0.1) is 23.1 Å². The van der Waals surface area contributed by atoms with Gasteiger partial charge in [0.1, 0.15) is 5.82 Å². The predicted octanol–water partition coefficient (Wildman–Crippen LogP) is 4.23. The summed E-state index contributed by atoms with van der Waals surface area (Å²) in [6.45, 7) is 1.47. The average molecular weight is 280 g/mol. The van der Waals surface area contributed by atoms with E-state index in [0.717, 1.165) is 37.1 Å². The Bertz CT molecular complexity index is 653. The molecule has 3 rings (SSSR count). The molecular weight excluding hydrogens is 263 g/mol. The van der Waals surface area contributed by atoms with Crippen molar-refractivity contribution in [1.29, 1.82) is 5.26 Å². The monoisotopic (exact) mass is 280 g/mol. The number of piperidine rings is 1. The highest BCUT2D eigenvalue weighted by molar-refractivity contribution is 5.79. The highest BCUT2D eigenvalue weighted by Gasteiger charge is 2.23. The number of rotatable bonds is 2. The Morgan fingerprint density at radius 3 is 2.38 bits per heavy atom. The number of anilines is 1. The van der Waals surface area contributed by atoms with Gasteiger partial charge in [-0.25, -0.2) is 4.39 Å². The lowest BCUT2D eigenvalue weighted by atomic mass is 9.96. The Balaban J connectivity index is 1.97. The number of nitriles is 1. The molecule has 0 N–H and O–H groups in total. The number of halogens is 1. The fourth-order valence-electron chi connectivity index (χ4n) is 2.92. The zero-order valence-electron chi connectivity index (χ0n) is 11.8. The fourth-order valence-corrected chi connectivity index (χ4v) is 2.92. The van der Waals surface area contributed by atoms with Gasteiger partial charge in [-0.05, 0) is 24.5 Å². The van der Waals surface area contributed by atoms with Crippen LogP contribution in [-0.2, 0) is 0 Å². The van der Waals surface area contributed by atoms with Gasteiger partial charge in [0.2, 0.25) is 0 Å². The van der Waals surface area contributed by atoms with Crippen molar-refractivity contribution in [2.24, 2.45) is 5.92 Å². The minimum atomic E-state index is -0.188. The summed E-state index contributed by atoms with van der Waals surface area (Å²) in [5, 5.41) is 8.99. The maximum absolute atomic E-state index is 14.4. The van der Waals surface area contributed by atoms with Crippen LogP contribution in [0.1, 0.15) is 12.8 Å². The van der Waals surface area contributed by atoms with Crippen molar-refractivity contribution in [1.82, 2.24) is 0 Å². The number of para-hydroxylation sites is 1. The largest absolute Gasteiger partial charge is 0.369 e. The van der Waals surface area contributed by atoms with Gasteiger partial charge in [0.25, 0.3) is 0 Å². The summed E-state index contributed by atoms with van der Waals surface area (Å²) in [6.07, 6.45) is 1.61. The lowest BCUT2D eigenvalue weighted by Crippen LogP contribution is -2.34. The molecule has 1 aliphatic rings. The summed E-state index contributed by atoms with van der Waals surface area (Å²) in [7, 11) is 0. The van der Waals surface area contributed by atoms with Crippen LogP contribution in [0.3, 0.4) is 0 Å². The van der Waals surface area contributed by atoms with Crippen LogP contribution >= 0.6 is 0 Å². The van der Waals surface area contributed by atoms with Crippen LogP contribution < -0.4 is 4.90 Å². The Morgan fingerprint density at radius 2 is 1.71 bits per heavy atom. The molecule has 0 amide bonds. The Hall–Kier alpha value is -2.34. The third-order valence-corrected chi connectivity index (χ3v) is 4.07. The molecule has 1 saturated heterocycles. The van der Waals surface area contributed by atoms with Crippen molar-refractivity contribution in [2.45, 2.75) is 12.8 Å². The van der Waals surface area contributed by atoms with Crippen molar-refractivity contribution < 1.29 is 4.39 Å². The van der Waals surface area contributed by atoms with E-state index in [9.17, 15) is 4.39 Å². The summed E-state index contributed by atoms with van der Waals surface area (Å²) >= 11 is 0. The van der Waals surface area contributed by atoms with Crippen LogP contribution in [-0.4, -0.2) is 13.1 Å². The molecule has 1 fully saturated rings. The first-order chi connectivity index (χ1) is 10.3. The summed E-state index contributed by atoms with van der Waals surface area (Å²) in [4.78, 5) is 2.07. The van der Waals surface area contributed by atoms with Crippen molar-refractivity contribution in [3.8, 4) is 17.2 Å². The molecular formula is C18H17FN2. The third kappa shape index (κ3) is 2.75. The van der Waals surface area contributed by atoms with Crippen LogP contribution in [0.2, 0.25) is 0 Å². The van der Waals surface area contributed by atoms with Gasteiger partial charge in [-0.3, -0.25) is 0 Å². The fraction of sp³-hybridized carbons (Fsp3) is 0.278. The van der Waals surface area contributed by atoms with Gasteiger partial charge >= 0.3 is 0 Å². The van der Waals surface area contributed by atoms with Gasteiger partial charge in [-0.15, -0.1) is 0 Å². The van der Waals surface area contributed by atoms with Crippen LogP contribution in [0.5, 0.6) is 0 Å². The van der Waals surface area contributed by atoms with E-state index in [1.807, 2.05) is 36.4 Å². The summed E-state index contributed by atoms with van der Waals surface area (Å²) < 4.78 is 14.4. The Morgan fingerprint density at radius 1 is 1.00 bits per heavy atom. The second kappa shape index (κ2) is 5.97. The van der Waals surface area contributed by atoms with Gasteiger partial charge in [0.05, 0.1) is 11.8 Å². The standard InChI is InChI=1S/C18H17FN2/c19-17-8-4-7-16(15-5-2-1-3-6-15)18(17)21-11-9-14(13-20)10-12-21/h1-8,14H,9-12H2. The molecule has 0 aliphatic carbocycles. The van der Waals surface area contributed by atoms with E-state index in [4.69, 9.17) is 5.26 Å². The highest BCUT2D eigenvalue weighted by atomic mass is 19.1. The summed E-state index contributed by atoms with van der Waals surface area (Å²) in [6, 6.07) is 17.4. The predicted molar refractivity (Wildman–Crippen MR) is 82.4 cm³/mol. The van der Waals surface area contributed by atoms with Crippen molar-refractivity contribution >= 4 is 5.69 Å². The minimum absolute atomic E-state index is 0.105. The number of hydrogen-bond donors (Lipinski definition) is 0. The molecule has 0 spiro atoms. The van der Waals surface area contributed by atoms with Gasteiger partial charge in [0, 0.05) is 24.6 Å². The Kier molecular flexibility index (Phi) is 3.87. The molecule has 0 radical (unpaired) electrons. The van der Waals surface area contributed by atoms with Gasteiger partial charge < -0.3 is 4.90 Å². The topological polar surface area (TPSA) is 27.0 Å². The van der Waals surface area contributed by atoms with E-state index >= 15 is 0 Å². The van der Waals surface area contributed by atoms with Crippen molar-refractivity contribution in [3.05, 3.63) is 54.3 Å². The molecule has 2 nitrogen and oxygen atoms in total. The first-order valence-electron chi connectivity index (χ1n) is 7.28. The van der Waals surface area contributed by atoms with E-state index in [-0.39, 0.29) is 11.7 Å². The van der Waals surface area contributed by atoms with E-state index in [0.29, 0.717) is 5.69 Å². The van der Waals surface area contributed by atoms with E-state index in [2.05, 4.69) is 11.0 Å². The molecule has 1 heterocycles. The average Bonchev–Trinajstić information content (AvgIpc) is 2.55. The molecule has 3 heteroatoms. The quantitative estimate of drug-likeness (QED) is 0.823. The van der Waals surface area contributed by atoms with Crippen molar-refractivity contribution in [3.63, 3.8) is 0 Å². The van der Waals surface area contributed by atoms with Crippen molar-refractivity contribution in [2.75, 3.05) is 18.0 Å². The molecule has 0 saturated carbocycles. The number of benzene rings is 2. The Labute approximate surface area is 124 Å². The number of nitrogens with zero attached hydrogens (tertiary/aromatic N) is 2. The molecule has 0 unspecified atom stereocenters. The SMILES string of the molecule is N#CC1CCN(c2c(F)cccc2-c2ccccc2)CC1. The third-order valence-electron chi connectivity index (χ3n) is 4.07. The summed E-state index contributed by atoms with van der Waals surface area (Å²) in [5.41, 5.74) is 2.61. The lowest BCUT2D eigenvalue weighted by molar-refractivity contribution is 0.481. The molecule has 0 bridgehead atoms. The lowest BCUT2D eigenvalue weighted by Gasteiger charge is -2.32. The molecule has 106 valence electrons. The maximum Gasteiger partial charge on any atom is 0.147 e. The molecule has 1 aliphatic heterocycles. The first-order valence-corrected chi connectivity index (χ1v) is 7.28. The zero-order valence-corrected chi connectivity index (χ0v) is 11.8. The molecule has 2 aromatic carbocycles. The smallest absolute Gasteiger partial charge is 0.147 e. The van der Waals surface area contributed by atoms with E-state index in [1.165, 1.54) is 6.07 Å². The number of hydrogen-bond acceptors (Lipinski definition) is 2. The zero-order chi connectivity index (χ0) is 14.7. The van der Waals surface area contributed by atoms with Crippen LogP contribution in [0.25, 0.3) is 11.1 Å². The first kappa shape index (κ1) is 13.6. The molecule has 0 aromatic heterocycles. The summed E-state index contributed by atoms with van der Waals surface area (Å²) in [5.74, 6) is -0.0834. The second-order valence-electron chi connectivity index (χ2n) is 5.39. The molecule has 21 heavy (non-hydrogen) atoms. The van der Waals surface area contributed by atoms with Gasteiger partial charge in [-0.1, -0.05) is 42.5 Å². The van der Waals surface area contributed by atoms with Crippen LogP contribution in [0.4, 0.5) is 10.1 Å². The maximum atomic E-state index is 14.4. The molecule has 0 atom stereocenters. The van der Waals surface area contributed by atoms with Gasteiger partial charge in [-0.2, -0.15) is 5.26 Å². The van der Waals surface area contributed by atoms with E-state index in [1.54, 1.807) is 6.07 Å². The second-order valence-corrected chi connectivity index (χ2v) is 5.39. The molecule has 2 aromatic rings.